The second-order valence-corrected chi connectivity index (χ2v) is 3.64. The molecule has 1 aromatic rings. The molecule has 0 radical (unpaired) electrons. The molecule has 0 aliphatic heterocycles. The van der Waals surface area contributed by atoms with Crippen LogP contribution in [0.5, 0.6) is 0 Å². The zero-order chi connectivity index (χ0) is 12.8. The van der Waals surface area contributed by atoms with E-state index in [-0.39, 0.29) is 10.7 Å². The van der Waals surface area contributed by atoms with Crippen molar-refractivity contribution in [2.45, 2.75) is 0 Å². The Morgan fingerprint density at radius 3 is 2.82 bits per heavy atom. The van der Waals surface area contributed by atoms with Gasteiger partial charge in [-0.2, -0.15) is 0 Å². The Bertz CT molecular complexity index is 522. The first-order valence-corrected chi connectivity index (χ1v) is 5.15. The Labute approximate surface area is 107 Å². The van der Waals surface area contributed by atoms with Gasteiger partial charge in [-0.1, -0.05) is 40.4 Å². The number of carbonyl (C=O) groups excluding carboxylic acids is 1. The van der Waals surface area contributed by atoms with Crippen molar-refractivity contribution in [1.29, 1.82) is 0 Å². The highest BCUT2D eigenvalue weighted by Gasteiger charge is 2.09. The molecule has 0 aliphatic rings. The van der Waals surface area contributed by atoms with Crippen LogP contribution < -0.4 is 0 Å². The molecule has 88 valence electrons. The fraction of sp³-hybridized carbons (Fsp3) is 0.100. The summed E-state index contributed by atoms with van der Waals surface area (Å²) in [5, 5.41) is 3.83. The van der Waals surface area contributed by atoms with Gasteiger partial charge in [0.15, 0.2) is 0 Å². The van der Waals surface area contributed by atoms with E-state index >= 15 is 0 Å². The number of ether oxygens (including phenoxy) is 1. The number of hydrogen-bond acceptors (Lipinski definition) is 3. The first kappa shape index (κ1) is 13.4. The summed E-state index contributed by atoms with van der Waals surface area (Å²) in [5.41, 5.74) is 8.60. The van der Waals surface area contributed by atoms with Crippen molar-refractivity contribution in [1.82, 2.24) is 0 Å². The molecule has 0 fully saturated rings. The third-order valence-corrected chi connectivity index (χ3v) is 2.65. The predicted octanol–water partition coefficient (Wildman–Crippen LogP) is 3.82. The molecule has 1 rings (SSSR count). The van der Waals surface area contributed by atoms with Crippen LogP contribution in [-0.4, -0.2) is 13.1 Å². The summed E-state index contributed by atoms with van der Waals surface area (Å²) in [5.74, 6) is -0.751. The summed E-state index contributed by atoms with van der Waals surface area (Å²) >= 11 is 11.7. The van der Waals surface area contributed by atoms with Gasteiger partial charge in [0.05, 0.1) is 17.2 Å². The number of nitrogens with zero attached hydrogens (tertiary/aromatic N) is 3. The summed E-state index contributed by atoms with van der Waals surface area (Å²) < 4.78 is 4.46. The van der Waals surface area contributed by atoms with Crippen molar-refractivity contribution in [3.8, 4) is 0 Å². The number of methoxy groups -OCH3 is 1. The van der Waals surface area contributed by atoms with Gasteiger partial charge in [0.2, 0.25) is 0 Å². The van der Waals surface area contributed by atoms with E-state index in [1.54, 1.807) is 18.2 Å². The van der Waals surface area contributed by atoms with Crippen molar-refractivity contribution < 1.29 is 9.53 Å². The number of carbonyl (C=O) groups is 1. The SMILES string of the molecule is COC(=O)/C(=C/c1cccc(Cl)c1Cl)N=[N+]=[N-]. The second kappa shape index (κ2) is 6.15. The van der Waals surface area contributed by atoms with E-state index in [1.807, 2.05) is 0 Å². The number of esters is 1. The quantitative estimate of drug-likeness (QED) is 0.276. The highest BCUT2D eigenvalue weighted by Crippen LogP contribution is 2.27. The molecule has 0 atom stereocenters. The zero-order valence-corrected chi connectivity index (χ0v) is 10.2. The van der Waals surface area contributed by atoms with Gasteiger partial charge >= 0.3 is 5.97 Å². The largest absolute Gasteiger partial charge is 0.466 e. The molecule has 0 aliphatic carbocycles. The van der Waals surface area contributed by atoms with E-state index in [0.717, 1.165) is 0 Å². The Balaban J connectivity index is 3.26. The minimum Gasteiger partial charge on any atom is -0.466 e. The lowest BCUT2D eigenvalue weighted by Gasteiger charge is -2.02. The minimum atomic E-state index is -0.751. The summed E-state index contributed by atoms with van der Waals surface area (Å²) in [7, 11) is 1.18. The van der Waals surface area contributed by atoms with Crippen LogP contribution in [0.3, 0.4) is 0 Å². The Morgan fingerprint density at radius 1 is 1.53 bits per heavy atom. The molecule has 0 N–H and O–H groups in total. The normalized spacial score (nSPS) is 10.6. The van der Waals surface area contributed by atoms with Crippen LogP contribution in [0.15, 0.2) is 29.0 Å². The molecule has 17 heavy (non-hydrogen) atoms. The van der Waals surface area contributed by atoms with Crippen molar-refractivity contribution in [2.24, 2.45) is 5.11 Å². The lowest BCUT2D eigenvalue weighted by atomic mass is 10.2. The zero-order valence-electron chi connectivity index (χ0n) is 8.72. The number of hydrogen-bond donors (Lipinski definition) is 0. The van der Waals surface area contributed by atoms with Gasteiger partial charge < -0.3 is 4.74 Å². The third-order valence-electron chi connectivity index (χ3n) is 1.82. The number of halogens is 2. The number of rotatable bonds is 3. The van der Waals surface area contributed by atoms with Crippen LogP contribution in [0.1, 0.15) is 5.56 Å². The average molecular weight is 272 g/mol. The van der Waals surface area contributed by atoms with E-state index in [4.69, 9.17) is 28.7 Å². The van der Waals surface area contributed by atoms with Crippen molar-refractivity contribution in [3.63, 3.8) is 0 Å². The molecule has 0 aromatic heterocycles. The molecule has 0 heterocycles. The molecule has 1 aromatic carbocycles. The Morgan fingerprint density at radius 2 is 2.24 bits per heavy atom. The van der Waals surface area contributed by atoms with Crippen LogP contribution in [-0.2, 0) is 9.53 Å². The first-order valence-electron chi connectivity index (χ1n) is 4.39. The van der Waals surface area contributed by atoms with Crippen molar-refractivity contribution >= 4 is 35.2 Å². The van der Waals surface area contributed by atoms with Crippen LogP contribution >= 0.6 is 23.2 Å². The van der Waals surface area contributed by atoms with E-state index in [9.17, 15) is 4.79 Å². The van der Waals surface area contributed by atoms with E-state index in [0.29, 0.717) is 10.6 Å². The van der Waals surface area contributed by atoms with Gasteiger partial charge in [-0.05, 0) is 23.2 Å². The maximum atomic E-state index is 11.3. The molecule has 0 bridgehead atoms. The topological polar surface area (TPSA) is 75.1 Å². The van der Waals surface area contributed by atoms with Crippen molar-refractivity contribution in [2.75, 3.05) is 7.11 Å². The molecular formula is C10H7Cl2N3O2. The minimum absolute atomic E-state index is 0.195. The summed E-state index contributed by atoms with van der Waals surface area (Å²) in [6.07, 6.45) is 1.31. The lowest BCUT2D eigenvalue weighted by Crippen LogP contribution is -2.01. The monoisotopic (exact) mass is 271 g/mol. The van der Waals surface area contributed by atoms with E-state index in [2.05, 4.69) is 14.8 Å². The third kappa shape index (κ3) is 3.39. The lowest BCUT2D eigenvalue weighted by molar-refractivity contribution is -0.136. The highest BCUT2D eigenvalue weighted by molar-refractivity contribution is 6.42. The van der Waals surface area contributed by atoms with Crippen molar-refractivity contribution in [3.05, 3.63) is 49.9 Å². The second-order valence-electron chi connectivity index (χ2n) is 2.85. The molecule has 5 nitrogen and oxygen atoms in total. The predicted molar refractivity (Wildman–Crippen MR) is 65.6 cm³/mol. The summed E-state index contributed by atoms with van der Waals surface area (Å²) in [6, 6.07) is 4.89. The standard InChI is InChI=1S/C10H7Cl2N3O2/c1-17-10(16)8(14-15-13)5-6-3-2-4-7(11)9(6)12/h2-5H,1H3/b8-5-. The molecule has 0 amide bonds. The van der Waals surface area contributed by atoms with Gasteiger partial charge in [0.1, 0.15) is 5.70 Å². The fourth-order valence-electron chi connectivity index (χ4n) is 1.06. The van der Waals surface area contributed by atoms with Gasteiger partial charge in [-0.3, -0.25) is 0 Å². The van der Waals surface area contributed by atoms with Crippen LogP contribution in [0.25, 0.3) is 16.5 Å². The fourth-order valence-corrected chi connectivity index (χ4v) is 1.42. The van der Waals surface area contributed by atoms with Crippen LogP contribution in [0.4, 0.5) is 0 Å². The van der Waals surface area contributed by atoms with Crippen LogP contribution in [0, 0.1) is 0 Å². The Kier molecular flexibility index (Phi) is 4.84. The molecule has 0 saturated carbocycles. The van der Waals surface area contributed by atoms with Gasteiger partial charge in [0, 0.05) is 4.91 Å². The van der Waals surface area contributed by atoms with Gasteiger partial charge in [-0.25, -0.2) is 4.79 Å². The molecular weight excluding hydrogens is 265 g/mol. The average Bonchev–Trinajstić information content (AvgIpc) is 2.33. The molecule has 7 heteroatoms. The maximum absolute atomic E-state index is 11.3. The summed E-state index contributed by atoms with van der Waals surface area (Å²) in [4.78, 5) is 13.8. The van der Waals surface area contributed by atoms with Crippen LogP contribution in [0.2, 0.25) is 10.0 Å². The summed E-state index contributed by atoms with van der Waals surface area (Å²) in [6.45, 7) is 0. The first-order chi connectivity index (χ1) is 8.10. The molecule has 0 spiro atoms. The highest BCUT2D eigenvalue weighted by atomic mass is 35.5. The maximum Gasteiger partial charge on any atom is 0.340 e. The Hall–Kier alpha value is -1.68. The number of benzene rings is 1. The van der Waals surface area contributed by atoms with Gasteiger partial charge in [-0.15, -0.1) is 0 Å². The van der Waals surface area contributed by atoms with E-state index < -0.39 is 5.97 Å². The smallest absolute Gasteiger partial charge is 0.340 e. The van der Waals surface area contributed by atoms with E-state index in [1.165, 1.54) is 13.2 Å². The van der Waals surface area contributed by atoms with Gasteiger partial charge in [0.25, 0.3) is 0 Å². The number of azide groups is 1. The molecule has 0 saturated heterocycles. The molecule has 0 unspecified atom stereocenters.